The Morgan fingerprint density at radius 2 is 0.758 bits per heavy atom. The molecule has 0 aliphatic heterocycles. The van der Waals surface area contributed by atoms with Crippen LogP contribution in [0.3, 0.4) is 0 Å². The van der Waals surface area contributed by atoms with Gasteiger partial charge in [-0.25, -0.2) is 0 Å². The van der Waals surface area contributed by atoms with E-state index in [0.29, 0.717) is 0 Å². The molecule has 0 N–H and O–H groups in total. The summed E-state index contributed by atoms with van der Waals surface area (Å²) in [6.45, 7) is 4.57. The largest absolute Gasteiger partial charge is 0.118 e. The molecular weight excluding hydrogens is 416 g/mol. The lowest BCUT2D eigenvalue weighted by Gasteiger charge is -2.00. The highest BCUT2D eigenvalue weighted by Crippen LogP contribution is 2.15. The van der Waals surface area contributed by atoms with Gasteiger partial charge < -0.3 is 0 Å². The van der Waals surface area contributed by atoms with Crippen molar-refractivity contribution in [2.75, 3.05) is 0 Å². The van der Waals surface area contributed by atoms with E-state index in [1.807, 2.05) is 0 Å². The molecule has 0 unspecified atom stereocenters. The van der Waals surface area contributed by atoms with E-state index in [1.165, 1.54) is 138 Å². The van der Waals surface area contributed by atoms with E-state index in [0.717, 1.165) is 12.8 Å². The predicted molar refractivity (Wildman–Crippen MR) is 151 cm³/mol. The first kappa shape index (κ1) is 29.9. The first-order valence-corrected chi connectivity index (χ1v) is 15.3. The molecule has 186 valence electrons. The summed E-state index contributed by atoms with van der Waals surface area (Å²) in [5.74, 6) is 13.4. The van der Waals surface area contributed by atoms with Gasteiger partial charge in [0.1, 0.15) is 0 Å². The fourth-order valence-electron chi connectivity index (χ4n) is 4.17. The molecule has 0 radical (unpaired) electrons. The van der Waals surface area contributed by atoms with Crippen molar-refractivity contribution in [2.24, 2.45) is 0 Å². The van der Waals surface area contributed by atoms with Crippen LogP contribution in [0.15, 0.2) is 12.1 Å². The molecule has 0 spiro atoms. The van der Waals surface area contributed by atoms with Gasteiger partial charge in [0.05, 0.1) is 9.75 Å². The smallest absolute Gasteiger partial charge is 0.0781 e. The lowest BCUT2D eigenvalue weighted by atomic mass is 10.1. The summed E-state index contributed by atoms with van der Waals surface area (Å²) in [4.78, 5) is 2.34. The summed E-state index contributed by atoms with van der Waals surface area (Å²) in [6.07, 6.45) is 29.8. The van der Waals surface area contributed by atoms with Gasteiger partial charge in [0.15, 0.2) is 0 Å². The Labute approximate surface area is 211 Å². The van der Waals surface area contributed by atoms with Crippen LogP contribution in [0.2, 0.25) is 0 Å². The monoisotopic (exact) mass is 468 g/mol. The minimum atomic E-state index is 1.04. The van der Waals surface area contributed by atoms with Crippen molar-refractivity contribution < 1.29 is 0 Å². The maximum absolute atomic E-state index is 3.37. The standard InChI is InChI=1S/C32H52S/c1-3-5-7-9-11-13-15-17-19-21-23-25-27-31-29-30-32(33-31)28-26-24-22-20-18-16-14-12-10-8-6-4-2/h29-30H,3-24H2,1-2H3. The van der Waals surface area contributed by atoms with Gasteiger partial charge in [-0.05, 0) is 25.0 Å². The number of thiophene rings is 1. The van der Waals surface area contributed by atoms with Crippen LogP contribution in [0.4, 0.5) is 0 Å². The summed E-state index contributed by atoms with van der Waals surface area (Å²) in [5, 5.41) is 0. The van der Waals surface area contributed by atoms with E-state index >= 15 is 0 Å². The molecule has 0 aliphatic rings. The zero-order chi connectivity index (χ0) is 23.7. The molecule has 0 atom stereocenters. The van der Waals surface area contributed by atoms with E-state index < -0.39 is 0 Å². The fraction of sp³-hybridized carbons (Fsp3) is 0.750. The summed E-state index contributed by atoms with van der Waals surface area (Å²) in [6, 6.07) is 4.28. The number of hydrogen-bond acceptors (Lipinski definition) is 1. The predicted octanol–water partition coefficient (Wildman–Crippen LogP) is 11.1. The van der Waals surface area contributed by atoms with Crippen molar-refractivity contribution in [2.45, 2.75) is 155 Å². The van der Waals surface area contributed by atoms with Gasteiger partial charge in [-0.3, -0.25) is 0 Å². The van der Waals surface area contributed by atoms with E-state index in [4.69, 9.17) is 0 Å². The second kappa shape index (κ2) is 24.0. The molecule has 0 bridgehead atoms. The highest BCUT2D eigenvalue weighted by atomic mass is 32.1. The summed E-state index contributed by atoms with van der Waals surface area (Å²) < 4.78 is 0. The third-order valence-electron chi connectivity index (χ3n) is 6.34. The van der Waals surface area contributed by atoms with Gasteiger partial charge >= 0.3 is 0 Å². The van der Waals surface area contributed by atoms with E-state index in [-0.39, 0.29) is 0 Å². The molecule has 33 heavy (non-hydrogen) atoms. The second-order valence-corrected chi connectivity index (χ2v) is 10.7. The molecule has 0 amide bonds. The molecule has 0 saturated carbocycles. The highest BCUT2D eigenvalue weighted by molar-refractivity contribution is 7.13. The second-order valence-electron chi connectivity index (χ2n) is 9.63. The van der Waals surface area contributed by atoms with Crippen LogP contribution in [-0.4, -0.2) is 0 Å². The first-order valence-electron chi connectivity index (χ1n) is 14.4. The molecule has 0 aromatic carbocycles. The van der Waals surface area contributed by atoms with Crippen molar-refractivity contribution in [3.05, 3.63) is 21.9 Å². The fourth-order valence-corrected chi connectivity index (χ4v) is 4.93. The van der Waals surface area contributed by atoms with Crippen LogP contribution in [0.1, 0.15) is 165 Å². The molecule has 0 saturated heterocycles. The van der Waals surface area contributed by atoms with E-state index in [2.05, 4.69) is 49.7 Å². The molecule has 0 nitrogen and oxygen atoms in total. The Hall–Kier alpha value is -1.18. The van der Waals surface area contributed by atoms with Crippen LogP contribution in [-0.2, 0) is 0 Å². The van der Waals surface area contributed by atoms with Crippen LogP contribution >= 0.6 is 11.3 Å². The molecule has 0 fully saturated rings. The van der Waals surface area contributed by atoms with Crippen molar-refractivity contribution in [1.82, 2.24) is 0 Å². The highest BCUT2D eigenvalue weighted by Gasteiger charge is 1.95. The number of hydrogen-bond donors (Lipinski definition) is 0. The van der Waals surface area contributed by atoms with Crippen LogP contribution in [0.5, 0.6) is 0 Å². The van der Waals surface area contributed by atoms with Crippen molar-refractivity contribution in [3.8, 4) is 23.7 Å². The number of rotatable bonds is 20. The minimum absolute atomic E-state index is 1.04. The first-order chi connectivity index (χ1) is 16.4. The Kier molecular flexibility index (Phi) is 21.7. The zero-order valence-electron chi connectivity index (χ0n) is 22.1. The third kappa shape index (κ3) is 20.0. The van der Waals surface area contributed by atoms with Gasteiger partial charge in [-0.15, -0.1) is 11.3 Å². The van der Waals surface area contributed by atoms with Crippen LogP contribution < -0.4 is 0 Å². The van der Waals surface area contributed by atoms with Gasteiger partial charge in [0, 0.05) is 12.8 Å². The third-order valence-corrected chi connectivity index (χ3v) is 7.26. The SMILES string of the molecule is CCCCCCCCCCCCC#Cc1ccc(C#CCCCCCCCCCCCC)s1. The van der Waals surface area contributed by atoms with Crippen LogP contribution in [0.25, 0.3) is 0 Å². The van der Waals surface area contributed by atoms with Gasteiger partial charge in [0.25, 0.3) is 0 Å². The molecule has 1 aromatic heterocycles. The molecule has 1 heteroatoms. The maximum atomic E-state index is 3.37. The van der Waals surface area contributed by atoms with Gasteiger partial charge in [0.2, 0.25) is 0 Å². The molecule has 1 heterocycles. The van der Waals surface area contributed by atoms with Gasteiger partial charge in [-0.1, -0.05) is 153 Å². The lowest BCUT2D eigenvalue weighted by molar-refractivity contribution is 0.558. The summed E-state index contributed by atoms with van der Waals surface area (Å²) in [5.41, 5.74) is 0. The Balaban J connectivity index is 1.98. The quantitative estimate of drug-likeness (QED) is 0.132. The molecule has 1 rings (SSSR count). The van der Waals surface area contributed by atoms with Gasteiger partial charge in [-0.2, -0.15) is 0 Å². The average molecular weight is 469 g/mol. The summed E-state index contributed by atoms with van der Waals surface area (Å²) >= 11 is 1.75. The van der Waals surface area contributed by atoms with Crippen molar-refractivity contribution in [1.29, 1.82) is 0 Å². The minimum Gasteiger partial charge on any atom is -0.118 e. The Morgan fingerprint density at radius 1 is 0.455 bits per heavy atom. The van der Waals surface area contributed by atoms with E-state index in [1.54, 1.807) is 11.3 Å². The molecular formula is C32H52S. The normalized spacial score (nSPS) is 10.5. The van der Waals surface area contributed by atoms with Crippen LogP contribution in [0, 0.1) is 23.7 Å². The summed E-state index contributed by atoms with van der Waals surface area (Å²) in [7, 11) is 0. The maximum Gasteiger partial charge on any atom is 0.0781 e. The average Bonchev–Trinajstić information content (AvgIpc) is 3.28. The van der Waals surface area contributed by atoms with Crippen molar-refractivity contribution in [3.63, 3.8) is 0 Å². The Morgan fingerprint density at radius 3 is 1.09 bits per heavy atom. The topological polar surface area (TPSA) is 0 Å². The van der Waals surface area contributed by atoms with Crippen molar-refractivity contribution >= 4 is 11.3 Å². The molecule has 0 aliphatic carbocycles. The number of unbranched alkanes of at least 4 members (excludes halogenated alkanes) is 20. The lowest BCUT2D eigenvalue weighted by Crippen LogP contribution is -1.81. The Bertz CT molecular complexity index is 603. The molecule has 1 aromatic rings. The van der Waals surface area contributed by atoms with E-state index in [9.17, 15) is 0 Å². The zero-order valence-corrected chi connectivity index (χ0v) is 22.9.